The zero-order valence-corrected chi connectivity index (χ0v) is 18.9. The zero-order chi connectivity index (χ0) is 22.3. The number of carbonyl (C=O) groups excluding carboxylic acids is 1. The molecule has 0 spiro atoms. The summed E-state index contributed by atoms with van der Waals surface area (Å²) in [4.78, 5) is 26.4. The van der Waals surface area contributed by atoms with E-state index < -0.39 is 0 Å². The van der Waals surface area contributed by atoms with E-state index in [-0.39, 0.29) is 17.7 Å². The fraction of sp³-hybridized carbons (Fsp3) is 0.522. The van der Waals surface area contributed by atoms with E-state index in [2.05, 4.69) is 34.4 Å². The van der Waals surface area contributed by atoms with Gasteiger partial charge in [0.1, 0.15) is 11.9 Å². The van der Waals surface area contributed by atoms with Gasteiger partial charge in [0, 0.05) is 37.9 Å². The van der Waals surface area contributed by atoms with E-state index in [0.717, 1.165) is 54.6 Å². The summed E-state index contributed by atoms with van der Waals surface area (Å²) >= 11 is 0. The molecule has 3 aliphatic heterocycles. The smallest absolute Gasteiger partial charge is 0.319 e. The molecule has 2 fully saturated rings. The van der Waals surface area contributed by atoms with Gasteiger partial charge in [-0.1, -0.05) is 0 Å². The van der Waals surface area contributed by atoms with Crippen molar-refractivity contribution in [2.45, 2.75) is 31.9 Å². The van der Waals surface area contributed by atoms with Crippen molar-refractivity contribution in [1.82, 2.24) is 15.3 Å². The van der Waals surface area contributed by atoms with Gasteiger partial charge in [0.15, 0.2) is 11.6 Å². The van der Waals surface area contributed by atoms with Crippen molar-refractivity contribution in [2.24, 2.45) is 0 Å². The third kappa shape index (κ3) is 3.45. The predicted octanol–water partition coefficient (Wildman–Crippen LogP) is 2.58. The number of anilines is 3. The molecule has 3 aliphatic rings. The molecule has 0 aliphatic carbocycles. The average Bonchev–Trinajstić information content (AvgIpc) is 3.30. The van der Waals surface area contributed by atoms with Gasteiger partial charge in [-0.05, 0) is 44.5 Å². The maximum Gasteiger partial charge on any atom is 0.319 e. The van der Waals surface area contributed by atoms with Gasteiger partial charge in [0.2, 0.25) is 0 Å². The van der Waals surface area contributed by atoms with Gasteiger partial charge in [0.25, 0.3) is 0 Å². The molecule has 4 heterocycles. The number of amides is 2. The number of nitrogens with zero attached hydrogens (tertiary/aromatic N) is 4. The first-order valence-electron chi connectivity index (χ1n) is 11.3. The lowest BCUT2D eigenvalue weighted by Gasteiger charge is -2.31. The summed E-state index contributed by atoms with van der Waals surface area (Å²) in [6.45, 7) is 8.42. The average molecular weight is 439 g/mol. The van der Waals surface area contributed by atoms with Crippen molar-refractivity contribution in [3.05, 3.63) is 30.0 Å². The van der Waals surface area contributed by atoms with Crippen LogP contribution in [0.4, 0.5) is 22.0 Å². The number of rotatable bonds is 4. The summed E-state index contributed by atoms with van der Waals surface area (Å²) in [5, 5.41) is 5.57. The van der Waals surface area contributed by atoms with E-state index in [1.165, 1.54) is 0 Å². The van der Waals surface area contributed by atoms with Crippen LogP contribution in [0.15, 0.2) is 24.3 Å². The van der Waals surface area contributed by atoms with E-state index in [4.69, 9.17) is 19.4 Å². The number of likely N-dealkylation sites (N-methyl/N-ethyl adjacent to an activating group) is 1. The van der Waals surface area contributed by atoms with Gasteiger partial charge in [-0.15, -0.1) is 0 Å². The quantitative estimate of drug-likeness (QED) is 0.758. The Morgan fingerprint density at radius 1 is 1.19 bits per heavy atom. The van der Waals surface area contributed by atoms with Gasteiger partial charge < -0.3 is 29.9 Å². The number of nitrogens with one attached hydrogen (secondary N) is 2. The summed E-state index contributed by atoms with van der Waals surface area (Å²) in [5.74, 6) is 1.64. The second-order valence-electron chi connectivity index (χ2n) is 8.73. The highest BCUT2D eigenvalue weighted by Gasteiger charge is 2.54. The molecule has 2 saturated heterocycles. The van der Waals surface area contributed by atoms with Gasteiger partial charge >= 0.3 is 6.03 Å². The minimum Gasteiger partial charge on any atom is -0.378 e. The van der Waals surface area contributed by atoms with Crippen LogP contribution in [0.5, 0.6) is 0 Å². The molecule has 5 rings (SSSR count). The van der Waals surface area contributed by atoms with Crippen LogP contribution in [0.3, 0.4) is 0 Å². The maximum absolute atomic E-state index is 11.8. The summed E-state index contributed by atoms with van der Waals surface area (Å²) < 4.78 is 11.7. The fourth-order valence-corrected chi connectivity index (χ4v) is 4.91. The van der Waals surface area contributed by atoms with Crippen molar-refractivity contribution >= 4 is 23.2 Å². The molecule has 0 bridgehead atoms. The molecular formula is C23H30N6O3. The lowest BCUT2D eigenvalue weighted by molar-refractivity contribution is 0.0914. The Morgan fingerprint density at radius 3 is 2.66 bits per heavy atom. The van der Waals surface area contributed by atoms with Crippen molar-refractivity contribution in [2.75, 3.05) is 61.6 Å². The number of benzene rings is 1. The zero-order valence-electron chi connectivity index (χ0n) is 18.9. The highest BCUT2D eigenvalue weighted by atomic mass is 16.5. The normalized spacial score (nSPS) is 24.3. The van der Waals surface area contributed by atoms with Crippen LogP contribution in [-0.2, 0) is 14.9 Å². The van der Waals surface area contributed by atoms with Crippen molar-refractivity contribution in [1.29, 1.82) is 0 Å². The fourth-order valence-electron chi connectivity index (χ4n) is 4.91. The Morgan fingerprint density at radius 2 is 1.94 bits per heavy atom. The van der Waals surface area contributed by atoms with Crippen LogP contribution in [0.1, 0.15) is 26.0 Å². The molecule has 1 aromatic carbocycles. The van der Waals surface area contributed by atoms with Crippen LogP contribution < -0.4 is 20.4 Å². The Kier molecular flexibility index (Phi) is 5.38. The second-order valence-corrected chi connectivity index (χ2v) is 8.73. The standard InChI is InChI=1S/C23H30N6O3/c1-4-24-22(30)25-16-7-5-15(6-8-16)19-26-18-17(20(27-19)29-10-13-31-14-11-29)28(3)21-23(18,2)9-12-32-21/h5-8,21H,4,9-14H2,1-3H3,(H2,24,25,30). The van der Waals surface area contributed by atoms with Crippen LogP contribution in [0.25, 0.3) is 11.4 Å². The number of hydrogen-bond acceptors (Lipinski definition) is 7. The third-order valence-electron chi connectivity index (χ3n) is 6.60. The van der Waals surface area contributed by atoms with Crippen molar-refractivity contribution < 1.29 is 14.3 Å². The van der Waals surface area contributed by atoms with E-state index in [0.29, 0.717) is 25.6 Å². The van der Waals surface area contributed by atoms with E-state index in [1.54, 1.807) is 0 Å². The third-order valence-corrected chi connectivity index (χ3v) is 6.60. The van der Waals surface area contributed by atoms with Gasteiger partial charge in [-0.2, -0.15) is 0 Å². The summed E-state index contributed by atoms with van der Waals surface area (Å²) in [7, 11) is 2.08. The van der Waals surface area contributed by atoms with Crippen LogP contribution in [-0.4, -0.2) is 68.7 Å². The lowest BCUT2D eigenvalue weighted by Crippen LogP contribution is -2.39. The van der Waals surface area contributed by atoms with E-state index >= 15 is 0 Å². The highest BCUT2D eigenvalue weighted by molar-refractivity contribution is 5.89. The molecule has 2 N–H and O–H groups in total. The second kappa shape index (κ2) is 8.22. The molecule has 2 aromatic rings. The molecule has 32 heavy (non-hydrogen) atoms. The first-order chi connectivity index (χ1) is 15.5. The Hall–Kier alpha value is -2.91. The molecule has 170 valence electrons. The van der Waals surface area contributed by atoms with Crippen LogP contribution in [0.2, 0.25) is 0 Å². The monoisotopic (exact) mass is 438 g/mol. The molecule has 2 atom stereocenters. The van der Waals surface area contributed by atoms with E-state index in [1.807, 2.05) is 31.2 Å². The maximum atomic E-state index is 11.8. The van der Waals surface area contributed by atoms with Crippen LogP contribution >= 0.6 is 0 Å². The topological polar surface area (TPSA) is 91.9 Å². The molecule has 2 amide bonds. The molecule has 0 saturated carbocycles. The SMILES string of the molecule is CCNC(=O)Nc1ccc(-c2nc(N3CCOCC3)c3c(n2)C2(C)CCOC2N3C)cc1. The summed E-state index contributed by atoms with van der Waals surface area (Å²) in [6.07, 6.45) is 0.911. The van der Waals surface area contributed by atoms with Gasteiger partial charge in [-0.25, -0.2) is 14.8 Å². The van der Waals surface area contributed by atoms with Crippen molar-refractivity contribution in [3.63, 3.8) is 0 Å². The number of morpholine rings is 1. The number of aromatic nitrogens is 2. The first kappa shape index (κ1) is 21.0. The molecule has 9 nitrogen and oxygen atoms in total. The number of carbonyl (C=O) groups is 1. The number of fused-ring (bicyclic) bond motifs is 3. The molecular weight excluding hydrogens is 408 g/mol. The summed E-state index contributed by atoms with van der Waals surface area (Å²) in [6, 6.07) is 7.45. The number of ether oxygens (including phenoxy) is 2. The predicted molar refractivity (Wildman–Crippen MR) is 123 cm³/mol. The Bertz CT molecular complexity index is 1010. The van der Waals surface area contributed by atoms with Gasteiger partial charge in [-0.3, -0.25) is 0 Å². The molecule has 9 heteroatoms. The minimum absolute atomic E-state index is 0.0227. The minimum atomic E-state index is -0.216. The molecule has 0 radical (unpaired) electrons. The largest absolute Gasteiger partial charge is 0.378 e. The lowest BCUT2D eigenvalue weighted by atomic mass is 9.85. The number of urea groups is 1. The first-order valence-corrected chi connectivity index (χ1v) is 11.3. The van der Waals surface area contributed by atoms with Crippen molar-refractivity contribution in [3.8, 4) is 11.4 Å². The number of hydrogen-bond donors (Lipinski definition) is 2. The Balaban J connectivity index is 1.54. The van der Waals surface area contributed by atoms with E-state index in [9.17, 15) is 4.79 Å². The summed E-state index contributed by atoms with van der Waals surface area (Å²) in [5.41, 5.74) is 3.60. The van der Waals surface area contributed by atoms with Crippen LogP contribution in [0, 0.1) is 0 Å². The molecule has 1 aromatic heterocycles. The Labute approximate surface area is 188 Å². The van der Waals surface area contributed by atoms with Gasteiger partial charge in [0.05, 0.1) is 30.9 Å². The highest BCUT2D eigenvalue weighted by Crippen LogP contribution is 2.52. The molecule has 2 unspecified atom stereocenters.